The van der Waals surface area contributed by atoms with E-state index in [0.29, 0.717) is 36.3 Å². The number of rotatable bonds is 17. The minimum absolute atomic E-state index is 0.0155. The van der Waals surface area contributed by atoms with Crippen LogP contribution in [0.25, 0.3) is 0 Å². The number of imide groups is 1. The highest BCUT2D eigenvalue weighted by atomic mass is 79.9. The monoisotopic (exact) mass is 733 g/mol. The number of nitrogens with zero attached hydrogens (tertiary/aromatic N) is 1. The van der Waals surface area contributed by atoms with Crippen LogP contribution in [0.2, 0.25) is 0 Å². The predicted molar refractivity (Wildman–Crippen MR) is 183 cm³/mol. The lowest BCUT2D eigenvalue weighted by Crippen LogP contribution is -2.42. The number of carbonyl (C=O) groups excluding carboxylic acids is 3. The summed E-state index contributed by atoms with van der Waals surface area (Å²) in [6, 6.07) is 29.3. The average Bonchev–Trinajstić information content (AvgIpc) is 3.69. The molecule has 1 aliphatic heterocycles. The van der Waals surface area contributed by atoms with Crippen LogP contribution in [0.3, 0.4) is 0 Å². The molecule has 4 atom stereocenters. The summed E-state index contributed by atoms with van der Waals surface area (Å²) in [5, 5.41) is 9.71. The van der Waals surface area contributed by atoms with Crippen molar-refractivity contribution in [3.63, 3.8) is 0 Å². The molecule has 49 heavy (non-hydrogen) atoms. The third-order valence-corrected chi connectivity index (χ3v) is 8.83. The Balaban J connectivity index is 1.29. The molecule has 2 heterocycles. The highest BCUT2D eigenvalue weighted by Crippen LogP contribution is 2.38. The van der Waals surface area contributed by atoms with Crippen molar-refractivity contribution in [1.82, 2.24) is 4.90 Å². The van der Waals surface area contributed by atoms with Crippen LogP contribution < -0.4 is 0 Å². The summed E-state index contributed by atoms with van der Waals surface area (Å²) in [6.07, 6.45) is -1.11. The molecule has 2 amide bonds. The molecule has 3 aromatic carbocycles. The van der Waals surface area contributed by atoms with Gasteiger partial charge in [-0.2, -0.15) is 0 Å². The predicted octanol–water partition coefficient (Wildman–Crippen LogP) is 6.75. The Morgan fingerprint density at radius 3 is 2.29 bits per heavy atom. The smallest absolute Gasteiger partial charge is 0.417 e. The van der Waals surface area contributed by atoms with Crippen molar-refractivity contribution in [2.75, 3.05) is 26.4 Å². The number of furan rings is 1. The van der Waals surface area contributed by atoms with Crippen LogP contribution in [0.1, 0.15) is 53.7 Å². The molecule has 5 rings (SSSR count). The molecule has 0 radical (unpaired) electrons. The van der Waals surface area contributed by atoms with Crippen molar-refractivity contribution in [1.29, 1.82) is 0 Å². The molecule has 4 aromatic rings. The molecule has 1 aromatic heterocycles. The summed E-state index contributed by atoms with van der Waals surface area (Å²) < 4.78 is 29.6. The lowest BCUT2D eigenvalue weighted by Gasteiger charge is -2.29. The van der Waals surface area contributed by atoms with Crippen molar-refractivity contribution in [2.45, 2.75) is 51.0 Å². The molecular weight excluding hydrogens is 694 g/mol. The number of aliphatic hydroxyl groups excluding tert-OH is 1. The number of hydrogen-bond donors (Lipinski definition) is 1. The second-order valence-electron chi connectivity index (χ2n) is 11.7. The minimum atomic E-state index is -1.14. The zero-order chi connectivity index (χ0) is 34.6. The third kappa shape index (κ3) is 9.88. The summed E-state index contributed by atoms with van der Waals surface area (Å²) in [4.78, 5) is 41.1. The van der Waals surface area contributed by atoms with E-state index in [1.165, 1.54) is 6.92 Å². The Hall–Kier alpha value is -4.29. The van der Waals surface area contributed by atoms with Crippen LogP contribution in [0, 0.1) is 5.92 Å². The van der Waals surface area contributed by atoms with Crippen molar-refractivity contribution < 1.29 is 42.9 Å². The van der Waals surface area contributed by atoms with Gasteiger partial charge in [0, 0.05) is 20.0 Å². The van der Waals surface area contributed by atoms with E-state index >= 15 is 0 Å². The van der Waals surface area contributed by atoms with E-state index in [2.05, 4.69) is 15.9 Å². The highest BCUT2D eigenvalue weighted by Gasteiger charge is 2.46. The Labute approximate surface area is 294 Å². The number of esters is 1. The molecule has 10 nitrogen and oxygen atoms in total. The van der Waals surface area contributed by atoms with Crippen molar-refractivity contribution in [3.05, 3.63) is 130 Å². The first kappa shape index (κ1) is 36.0. The highest BCUT2D eigenvalue weighted by molar-refractivity contribution is 9.10. The van der Waals surface area contributed by atoms with E-state index < -0.39 is 42.1 Å². The molecule has 0 unspecified atom stereocenters. The fraction of sp³-hybridized carbons (Fsp3) is 0.342. The first-order chi connectivity index (χ1) is 23.8. The second kappa shape index (κ2) is 17.9. The topological polar surface area (TPSA) is 125 Å². The molecule has 0 saturated carbocycles. The number of amides is 2. The molecule has 258 valence electrons. The maximum absolute atomic E-state index is 14.4. The van der Waals surface area contributed by atoms with Crippen LogP contribution in [0.4, 0.5) is 4.79 Å². The molecule has 1 aliphatic rings. The summed E-state index contributed by atoms with van der Waals surface area (Å²) in [5.74, 6) is -1.30. The van der Waals surface area contributed by atoms with Crippen LogP contribution in [0.15, 0.2) is 106 Å². The third-order valence-electron chi connectivity index (χ3n) is 8.15. The Morgan fingerprint density at radius 2 is 1.63 bits per heavy atom. The summed E-state index contributed by atoms with van der Waals surface area (Å²) >= 11 is 3.57. The molecule has 1 N–H and O–H groups in total. The number of benzene rings is 3. The number of ether oxygens (including phenoxy) is 4. The van der Waals surface area contributed by atoms with E-state index in [-0.39, 0.29) is 32.0 Å². The van der Waals surface area contributed by atoms with Gasteiger partial charge in [0.15, 0.2) is 6.10 Å². The van der Waals surface area contributed by atoms with Gasteiger partial charge >= 0.3 is 12.1 Å². The fourth-order valence-electron chi connectivity index (χ4n) is 5.70. The van der Waals surface area contributed by atoms with Gasteiger partial charge in [0.1, 0.15) is 30.3 Å². The summed E-state index contributed by atoms with van der Waals surface area (Å²) in [6.45, 7) is 2.11. The van der Waals surface area contributed by atoms with Gasteiger partial charge in [-0.05, 0) is 51.5 Å². The molecule has 0 spiro atoms. The average molecular weight is 735 g/mol. The quantitative estimate of drug-likeness (QED) is 0.0927. The van der Waals surface area contributed by atoms with E-state index in [9.17, 15) is 19.5 Å². The van der Waals surface area contributed by atoms with Crippen LogP contribution in [-0.2, 0) is 48.0 Å². The first-order valence-corrected chi connectivity index (χ1v) is 17.0. The largest absolute Gasteiger partial charge is 0.461 e. The van der Waals surface area contributed by atoms with E-state index in [0.717, 1.165) is 21.6 Å². The first-order valence-electron chi connectivity index (χ1n) is 16.2. The van der Waals surface area contributed by atoms with Gasteiger partial charge in [0.25, 0.3) is 0 Å². The van der Waals surface area contributed by atoms with Gasteiger partial charge in [-0.25, -0.2) is 9.69 Å². The number of halogens is 1. The van der Waals surface area contributed by atoms with E-state index in [4.69, 9.17) is 23.4 Å². The van der Waals surface area contributed by atoms with Crippen molar-refractivity contribution in [2.24, 2.45) is 5.92 Å². The molecule has 11 heteroatoms. The molecule has 0 aliphatic carbocycles. The standard InChI is InChI=1S/C38H40BrNO9/c1-26(42)48-36(35-21-32(39)34(49-35)18-11-19-45-24-30(22-41)46-23-28-14-7-3-8-15-28)31(20-27-12-5-2-6-13-27)37(43)40-33(25-47-38(40)44)29-16-9-4-10-17-29/h2-10,12-17,21,30-31,33,36,41H,11,18-20,22-25H2,1H3/t30-,31-,33-,36+/m1/s1. The van der Waals surface area contributed by atoms with E-state index in [1.54, 1.807) is 6.07 Å². The summed E-state index contributed by atoms with van der Waals surface area (Å²) in [7, 11) is 0. The maximum Gasteiger partial charge on any atom is 0.417 e. The molecule has 1 saturated heterocycles. The Kier molecular flexibility index (Phi) is 13.2. The zero-order valence-electron chi connectivity index (χ0n) is 27.2. The van der Waals surface area contributed by atoms with Crippen molar-refractivity contribution in [3.8, 4) is 0 Å². The Morgan fingerprint density at radius 1 is 0.980 bits per heavy atom. The summed E-state index contributed by atoms with van der Waals surface area (Å²) in [5.41, 5.74) is 2.58. The minimum Gasteiger partial charge on any atom is -0.461 e. The zero-order valence-corrected chi connectivity index (χ0v) is 28.8. The van der Waals surface area contributed by atoms with Gasteiger partial charge in [0.2, 0.25) is 5.91 Å². The number of cyclic esters (lactones) is 1. The van der Waals surface area contributed by atoms with Gasteiger partial charge in [-0.15, -0.1) is 0 Å². The normalized spacial score (nSPS) is 16.2. The van der Waals surface area contributed by atoms with Gasteiger partial charge in [-0.1, -0.05) is 91.0 Å². The van der Waals surface area contributed by atoms with Crippen LogP contribution in [-0.4, -0.2) is 60.5 Å². The molecule has 1 fully saturated rings. The van der Waals surface area contributed by atoms with Crippen LogP contribution in [0.5, 0.6) is 0 Å². The lowest BCUT2D eigenvalue weighted by molar-refractivity contribution is -0.155. The number of hydrogen-bond acceptors (Lipinski definition) is 9. The number of carbonyl (C=O) groups is 3. The van der Waals surface area contributed by atoms with Gasteiger partial charge in [0.05, 0.1) is 30.2 Å². The maximum atomic E-state index is 14.4. The fourth-order valence-corrected chi connectivity index (χ4v) is 6.21. The molecular formula is C38H40BrNO9. The molecule has 0 bridgehead atoms. The van der Waals surface area contributed by atoms with Gasteiger partial charge in [-0.3, -0.25) is 9.59 Å². The van der Waals surface area contributed by atoms with Gasteiger partial charge < -0.3 is 28.5 Å². The number of aliphatic hydroxyl groups is 1. The second-order valence-corrected chi connectivity index (χ2v) is 12.6. The Bertz CT molecular complexity index is 1650. The van der Waals surface area contributed by atoms with E-state index in [1.807, 2.05) is 91.0 Å². The number of aryl methyl sites for hydroxylation is 1. The van der Waals surface area contributed by atoms with Crippen LogP contribution >= 0.6 is 15.9 Å². The lowest BCUT2D eigenvalue weighted by atomic mass is 9.90. The SMILES string of the molecule is CC(=O)O[C@H](c1cc(Br)c(CCCOC[C@@H](CO)OCc2ccccc2)o1)[C@@H](Cc1ccccc1)C(=O)N1C(=O)OC[C@@H]1c1ccccc1. The van der Waals surface area contributed by atoms with Crippen molar-refractivity contribution >= 4 is 33.9 Å².